The van der Waals surface area contributed by atoms with E-state index in [-0.39, 0.29) is 39.4 Å². The van der Waals surface area contributed by atoms with E-state index < -0.39 is 17.2 Å². The molecule has 0 spiro atoms. The summed E-state index contributed by atoms with van der Waals surface area (Å²) in [6.45, 7) is 0. The van der Waals surface area contributed by atoms with Gasteiger partial charge in [0.25, 0.3) is 23.1 Å². The molecule has 0 aliphatic carbocycles. The lowest BCUT2D eigenvalue weighted by Crippen LogP contribution is -2.28. The second-order valence-corrected chi connectivity index (χ2v) is 6.62. The zero-order valence-electron chi connectivity index (χ0n) is 14.3. The first kappa shape index (κ1) is 19.6. The Hall–Kier alpha value is -2.68. The molecular weight excluding hydrogens is 364 g/mol. The van der Waals surface area contributed by atoms with Crippen LogP contribution in [0.1, 0.15) is 20.7 Å². The van der Waals surface area contributed by atoms with Crippen molar-refractivity contribution in [3.05, 3.63) is 58.0 Å². The maximum Gasteiger partial charge on any atom is 0.288 e. The average Bonchev–Trinajstić information content (AvgIpc) is 2.57. The summed E-state index contributed by atoms with van der Waals surface area (Å²) in [5, 5.41) is 2.41. The summed E-state index contributed by atoms with van der Waals surface area (Å²) in [6, 6.07) is 7.13. The standard InChI is InChI=1S/C17H17F2N3O3S/c1-21(2)15(24)10-8-12(16(25)22(3)9-10)20-14(23)11-6-4-5-7-13(11)26-17(18)19/h4-9,17H,1-3H3,(H,20,23). The number of alkyl halides is 2. The van der Waals surface area contributed by atoms with Gasteiger partial charge in [-0.1, -0.05) is 23.9 Å². The monoisotopic (exact) mass is 381 g/mol. The van der Waals surface area contributed by atoms with E-state index in [1.165, 1.54) is 53.0 Å². The van der Waals surface area contributed by atoms with Crippen LogP contribution in [0.25, 0.3) is 0 Å². The molecule has 1 aromatic heterocycles. The second kappa shape index (κ2) is 8.13. The van der Waals surface area contributed by atoms with Gasteiger partial charge in [0.2, 0.25) is 0 Å². The van der Waals surface area contributed by atoms with Gasteiger partial charge in [-0.25, -0.2) is 0 Å². The molecule has 0 radical (unpaired) electrons. The number of pyridine rings is 1. The average molecular weight is 381 g/mol. The van der Waals surface area contributed by atoms with Gasteiger partial charge in [0.1, 0.15) is 5.69 Å². The third-order valence-corrected chi connectivity index (χ3v) is 4.22. The number of halogens is 2. The number of benzene rings is 1. The van der Waals surface area contributed by atoms with E-state index >= 15 is 0 Å². The van der Waals surface area contributed by atoms with Gasteiger partial charge in [-0.15, -0.1) is 0 Å². The van der Waals surface area contributed by atoms with Crippen LogP contribution in [0, 0.1) is 0 Å². The fourth-order valence-corrected chi connectivity index (χ4v) is 2.86. The van der Waals surface area contributed by atoms with Crippen LogP contribution < -0.4 is 10.9 Å². The predicted molar refractivity (Wildman–Crippen MR) is 96.0 cm³/mol. The molecule has 9 heteroatoms. The quantitative estimate of drug-likeness (QED) is 0.809. The minimum absolute atomic E-state index is 0.0178. The number of aromatic nitrogens is 1. The highest BCUT2D eigenvalue weighted by Gasteiger charge is 2.18. The van der Waals surface area contributed by atoms with E-state index in [0.29, 0.717) is 0 Å². The smallest absolute Gasteiger partial charge is 0.288 e. The van der Waals surface area contributed by atoms with Crippen LogP contribution in [0.3, 0.4) is 0 Å². The topological polar surface area (TPSA) is 71.4 Å². The van der Waals surface area contributed by atoms with Crippen molar-refractivity contribution >= 4 is 29.3 Å². The number of nitrogens with one attached hydrogen (secondary N) is 1. The summed E-state index contributed by atoms with van der Waals surface area (Å²) < 4.78 is 26.5. The summed E-state index contributed by atoms with van der Waals surface area (Å²) in [7, 11) is 4.57. The van der Waals surface area contributed by atoms with E-state index in [1.54, 1.807) is 14.1 Å². The SMILES string of the molecule is CN(C)C(=O)c1cc(NC(=O)c2ccccc2SC(F)F)c(=O)n(C)c1. The van der Waals surface area contributed by atoms with Gasteiger partial charge in [0, 0.05) is 32.2 Å². The minimum atomic E-state index is -2.68. The number of aryl methyl sites for hydroxylation is 1. The van der Waals surface area contributed by atoms with Crippen LogP contribution in [0.2, 0.25) is 0 Å². The van der Waals surface area contributed by atoms with Crippen molar-refractivity contribution in [2.75, 3.05) is 19.4 Å². The van der Waals surface area contributed by atoms with Gasteiger partial charge in [0.15, 0.2) is 0 Å². The summed E-state index contributed by atoms with van der Waals surface area (Å²) in [6.07, 6.45) is 1.36. The van der Waals surface area contributed by atoms with Crippen LogP contribution in [-0.2, 0) is 7.05 Å². The first-order valence-corrected chi connectivity index (χ1v) is 8.36. The first-order valence-electron chi connectivity index (χ1n) is 7.48. The minimum Gasteiger partial charge on any atom is -0.345 e. The molecule has 0 saturated heterocycles. The highest BCUT2D eigenvalue weighted by Crippen LogP contribution is 2.28. The number of carbonyl (C=O) groups excluding carboxylic acids is 2. The molecule has 1 N–H and O–H groups in total. The van der Waals surface area contributed by atoms with Crippen molar-refractivity contribution in [3.8, 4) is 0 Å². The Balaban J connectivity index is 2.38. The molecule has 0 atom stereocenters. The molecule has 26 heavy (non-hydrogen) atoms. The normalized spacial score (nSPS) is 10.7. The molecule has 1 heterocycles. The Morgan fingerprint density at radius 2 is 1.88 bits per heavy atom. The molecule has 0 aliphatic rings. The van der Waals surface area contributed by atoms with Crippen LogP contribution in [0.4, 0.5) is 14.5 Å². The first-order chi connectivity index (χ1) is 12.2. The molecular formula is C17H17F2N3O3S. The van der Waals surface area contributed by atoms with E-state index in [2.05, 4.69) is 5.32 Å². The molecule has 0 bridgehead atoms. The van der Waals surface area contributed by atoms with Crippen molar-refractivity contribution in [2.45, 2.75) is 10.7 Å². The summed E-state index contributed by atoms with van der Waals surface area (Å²) in [5.74, 6) is -3.73. The number of anilines is 1. The third kappa shape index (κ3) is 4.48. The lowest BCUT2D eigenvalue weighted by atomic mass is 10.2. The lowest BCUT2D eigenvalue weighted by molar-refractivity contribution is 0.0826. The number of rotatable bonds is 5. The van der Waals surface area contributed by atoms with Gasteiger partial charge >= 0.3 is 0 Å². The van der Waals surface area contributed by atoms with E-state index in [0.717, 1.165) is 0 Å². The highest BCUT2D eigenvalue weighted by atomic mass is 32.2. The van der Waals surface area contributed by atoms with Crippen LogP contribution >= 0.6 is 11.8 Å². The molecule has 2 amide bonds. The highest BCUT2D eigenvalue weighted by molar-refractivity contribution is 7.99. The second-order valence-electron chi connectivity index (χ2n) is 5.59. The molecule has 0 fully saturated rings. The summed E-state index contributed by atoms with van der Waals surface area (Å²) >= 11 is 0.245. The van der Waals surface area contributed by atoms with Gasteiger partial charge in [-0.3, -0.25) is 14.4 Å². The van der Waals surface area contributed by atoms with Crippen LogP contribution in [0.5, 0.6) is 0 Å². The molecule has 138 valence electrons. The zero-order chi connectivity index (χ0) is 19.4. The lowest BCUT2D eigenvalue weighted by Gasteiger charge is -2.14. The number of hydrogen-bond acceptors (Lipinski definition) is 4. The van der Waals surface area contributed by atoms with Gasteiger partial charge < -0.3 is 14.8 Å². The number of nitrogens with zero attached hydrogens (tertiary/aromatic N) is 2. The van der Waals surface area contributed by atoms with Gasteiger partial charge in [0.05, 0.1) is 11.1 Å². The number of thioether (sulfide) groups is 1. The predicted octanol–water partition coefficient (Wildman–Crippen LogP) is 2.65. The van der Waals surface area contributed by atoms with Crippen molar-refractivity contribution in [3.63, 3.8) is 0 Å². The third-order valence-electron chi connectivity index (χ3n) is 3.43. The van der Waals surface area contributed by atoms with Gasteiger partial charge in [-0.05, 0) is 18.2 Å². The van der Waals surface area contributed by atoms with Crippen LogP contribution in [0.15, 0.2) is 46.2 Å². The molecule has 2 aromatic rings. The Bertz CT molecular complexity index is 897. The number of amides is 2. The van der Waals surface area contributed by atoms with Crippen molar-refractivity contribution in [2.24, 2.45) is 7.05 Å². The summed E-state index contributed by atoms with van der Waals surface area (Å²) in [5.41, 5.74) is -0.401. The number of hydrogen-bond donors (Lipinski definition) is 1. The van der Waals surface area contributed by atoms with E-state index in [4.69, 9.17) is 0 Å². The molecule has 2 rings (SSSR count). The Kier molecular flexibility index (Phi) is 6.14. The molecule has 6 nitrogen and oxygen atoms in total. The van der Waals surface area contributed by atoms with E-state index in [9.17, 15) is 23.2 Å². The maximum absolute atomic E-state index is 12.7. The largest absolute Gasteiger partial charge is 0.345 e. The summed E-state index contributed by atoms with van der Waals surface area (Å²) in [4.78, 5) is 38.3. The van der Waals surface area contributed by atoms with Crippen molar-refractivity contribution in [1.29, 1.82) is 0 Å². The van der Waals surface area contributed by atoms with Crippen molar-refractivity contribution in [1.82, 2.24) is 9.47 Å². The Labute approximate surface area is 152 Å². The molecule has 0 aliphatic heterocycles. The van der Waals surface area contributed by atoms with Gasteiger partial charge in [-0.2, -0.15) is 8.78 Å². The molecule has 1 aromatic carbocycles. The van der Waals surface area contributed by atoms with Crippen LogP contribution in [-0.4, -0.2) is 41.1 Å². The number of carbonyl (C=O) groups is 2. The maximum atomic E-state index is 12.7. The zero-order valence-corrected chi connectivity index (χ0v) is 15.1. The Morgan fingerprint density at radius 3 is 2.50 bits per heavy atom. The fourth-order valence-electron chi connectivity index (χ4n) is 2.22. The van der Waals surface area contributed by atoms with Crippen molar-refractivity contribution < 1.29 is 18.4 Å². The molecule has 0 unspecified atom stereocenters. The Morgan fingerprint density at radius 1 is 1.23 bits per heavy atom. The fraction of sp³-hybridized carbons (Fsp3) is 0.235. The molecule has 0 saturated carbocycles. The van der Waals surface area contributed by atoms with E-state index in [1.807, 2.05) is 0 Å².